The first kappa shape index (κ1) is 12.5. The fourth-order valence-corrected chi connectivity index (χ4v) is 2.98. The molecule has 1 aromatic heterocycles. The highest BCUT2D eigenvalue weighted by Crippen LogP contribution is 2.19. The van der Waals surface area contributed by atoms with Gasteiger partial charge in [0.25, 0.3) is 5.91 Å². The second-order valence-corrected chi connectivity index (χ2v) is 5.61. The number of amides is 1. The molecule has 1 saturated heterocycles. The number of nitrogens with two attached hydrogens (primary N) is 1. The van der Waals surface area contributed by atoms with Gasteiger partial charge in [-0.25, -0.2) is 4.98 Å². The Morgan fingerprint density at radius 1 is 1.59 bits per heavy atom. The molecule has 1 aliphatic rings. The van der Waals surface area contributed by atoms with Crippen LogP contribution in [-0.4, -0.2) is 34.9 Å². The summed E-state index contributed by atoms with van der Waals surface area (Å²) < 4.78 is 0. The fourth-order valence-electron chi connectivity index (χ4n) is 2.00. The standard InChI is InChI=1S/C12H19N3OS/c1-2-3-11-14-8-10(17-11)12(16)15-6-4-9(13)5-7-15/h8-9H,2-7,13H2,1H3. The monoisotopic (exact) mass is 253 g/mol. The maximum Gasteiger partial charge on any atom is 0.265 e. The average Bonchev–Trinajstić information content (AvgIpc) is 2.78. The van der Waals surface area contributed by atoms with Crippen molar-refractivity contribution in [2.75, 3.05) is 13.1 Å². The summed E-state index contributed by atoms with van der Waals surface area (Å²) in [6, 6.07) is 0.260. The number of nitrogens with zero attached hydrogens (tertiary/aromatic N) is 2. The van der Waals surface area contributed by atoms with E-state index in [2.05, 4.69) is 11.9 Å². The van der Waals surface area contributed by atoms with Crippen molar-refractivity contribution in [2.45, 2.75) is 38.6 Å². The van der Waals surface area contributed by atoms with Crippen LogP contribution in [0.1, 0.15) is 40.9 Å². The number of carbonyl (C=O) groups excluding carboxylic acids is 1. The lowest BCUT2D eigenvalue weighted by atomic mass is 10.1. The Kier molecular flexibility index (Phi) is 4.12. The molecule has 1 aromatic rings. The number of carbonyl (C=O) groups is 1. The lowest BCUT2D eigenvalue weighted by molar-refractivity contribution is 0.0719. The summed E-state index contributed by atoms with van der Waals surface area (Å²) in [6.07, 6.45) is 5.56. The van der Waals surface area contributed by atoms with E-state index in [0.29, 0.717) is 0 Å². The van der Waals surface area contributed by atoms with Crippen LogP contribution < -0.4 is 5.73 Å². The van der Waals surface area contributed by atoms with Gasteiger partial charge >= 0.3 is 0 Å². The number of piperidine rings is 1. The van der Waals surface area contributed by atoms with Gasteiger partial charge in [-0.1, -0.05) is 6.92 Å². The molecule has 1 aliphatic heterocycles. The normalized spacial score (nSPS) is 17.4. The van der Waals surface area contributed by atoms with Crippen LogP contribution >= 0.6 is 11.3 Å². The number of likely N-dealkylation sites (tertiary alicyclic amines) is 1. The van der Waals surface area contributed by atoms with Gasteiger partial charge in [0.05, 0.1) is 11.2 Å². The first-order valence-electron chi connectivity index (χ1n) is 6.20. The summed E-state index contributed by atoms with van der Waals surface area (Å²) in [5, 5.41) is 1.06. The summed E-state index contributed by atoms with van der Waals surface area (Å²) in [5.74, 6) is 0.122. The Morgan fingerprint density at radius 2 is 2.29 bits per heavy atom. The number of aryl methyl sites for hydroxylation is 1. The Balaban J connectivity index is 1.98. The Hall–Kier alpha value is -0.940. The molecule has 1 fully saturated rings. The van der Waals surface area contributed by atoms with Crippen molar-refractivity contribution in [2.24, 2.45) is 5.73 Å². The molecule has 17 heavy (non-hydrogen) atoms. The van der Waals surface area contributed by atoms with Gasteiger partial charge in [0, 0.05) is 19.1 Å². The second kappa shape index (κ2) is 5.60. The lowest BCUT2D eigenvalue weighted by Gasteiger charge is -2.29. The molecular weight excluding hydrogens is 234 g/mol. The molecule has 0 unspecified atom stereocenters. The van der Waals surface area contributed by atoms with Crippen LogP contribution in [0.5, 0.6) is 0 Å². The van der Waals surface area contributed by atoms with Gasteiger partial charge in [0.15, 0.2) is 0 Å². The highest BCUT2D eigenvalue weighted by atomic mass is 32.1. The summed E-state index contributed by atoms with van der Waals surface area (Å²) in [6.45, 7) is 3.68. The Bertz CT molecular complexity index is 383. The molecule has 0 atom stereocenters. The number of thiazole rings is 1. The van der Waals surface area contributed by atoms with Crippen LogP contribution in [0.15, 0.2) is 6.20 Å². The molecule has 1 amide bonds. The third-order valence-electron chi connectivity index (χ3n) is 3.06. The van der Waals surface area contributed by atoms with Crippen molar-refractivity contribution in [3.8, 4) is 0 Å². The van der Waals surface area contributed by atoms with Gasteiger partial charge in [-0.2, -0.15) is 0 Å². The van der Waals surface area contributed by atoms with Crippen LogP contribution in [-0.2, 0) is 6.42 Å². The molecule has 0 aromatic carbocycles. The van der Waals surface area contributed by atoms with Gasteiger partial charge in [0.2, 0.25) is 0 Å². The molecule has 2 N–H and O–H groups in total. The van der Waals surface area contributed by atoms with Crippen molar-refractivity contribution in [1.29, 1.82) is 0 Å². The minimum Gasteiger partial charge on any atom is -0.338 e. The van der Waals surface area contributed by atoms with Crippen molar-refractivity contribution in [3.05, 3.63) is 16.1 Å². The van der Waals surface area contributed by atoms with E-state index in [1.807, 2.05) is 4.90 Å². The molecular formula is C12H19N3OS. The molecule has 94 valence electrons. The van der Waals surface area contributed by atoms with Crippen LogP contribution in [0.25, 0.3) is 0 Å². The lowest BCUT2D eigenvalue weighted by Crippen LogP contribution is -2.42. The van der Waals surface area contributed by atoms with Crippen molar-refractivity contribution in [3.63, 3.8) is 0 Å². The zero-order valence-corrected chi connectivity index (χ0v) is 11.0. The number of hydrogen-bond acceptors (Lipinski definition) is 4. The third-order valence-corrected chi connectivity index (χ3v) is 4.10. The number of rotatable bonds is 3. The summed E-state index contributed by atoms with van der Waals surface area (Å²) in [7, 11) is 0. The predicted molar refractivity (Wildman–Crippen MR) is 69.2 cm³/mol. The van der Waals surface area contributed by atoms with Crippen LogP contribution in [0.2, 0.25) is 0 Å². The molecule has 2 rings (SSSR count). The highest BCUT2D eigenvalue weighted by Gasteiger charge is 2.22. The van der Waals surface area contributed by atoms with Gasteiger partial charge in [0.1, 0.15) is 4.88 Å². The van der Waals surface area contributed by atoms with Gasteiger partial charge < -0.3 is 10.6 Å². The predicted octanol–water partition coefficient (Wildman–Crippen LogP) is 1.66. The first-order chi connectivity index (χ1) is 8.20. The van der Waals surface area contributed by atoms with Crippen molar-refractivity contribution >= 4 is 17.2 Å². The van der Waals surface area contributed by atoms with Crippen LogP contribution in [0.3, 0.4) is 0 Å². The van der Waals surface area contributed by atoms with Gasteiger partial charge in [-0.15, -0.1) is 11.3 Å². The van der Waals surface area contributed by atoms with Gasteiger partial charge in [-0.3, -0.25) is 4.79 Å². The number of hydrogen-bond donors (Lipinski definition) is 1. The number of aromatic nitrogens is 1. The van der Waals surface area contributed by atoms with E-state index >= 15 is 0 Å². The van der Waals surface area contributed by atoms with E-state index in [-0.39, 0.29) is 11.9 Å². The zero-order valence-electron chi connectivity index (χ0n) is 10.2. The molecule has 0 spiro atoms. The van der Waals surface area contributed by atoms with E-state index < -0.39 is 0 Å². The maximum absolute atomic E-state index is 12.2. The van der Waals surface area contributed by atoms with E-state index in [4.69, 9.17) is 5.73 Å². The van der Waals surface area contributed by atoms with Crippen LogP contribution in [0, 0.1) is 0 Å². The second-order valence-electron chi connectivity index (χ2n) is 4.50. The Morgan fingerprint density at radius 3 is 2.94 bits per heavy atom. The summed E-state index contributed by atoms with van der Waals surface area (Å²) in [5.41, 5.74) is 5.83. The van der Waals surface area contributed by atoms with E-state index in [1.165, 1.54) is 11.3 Å². The quantitative estimate of drug-likeness (QED) is 0.891. The molecule has 0 bridgehead atoms. The van der Waals surface area contributed by atoms with E-state index in [0.717, 1.165) is 48.7 Å². The van der Waals surface area contributed by atoms with Gasteiger partial charge in [-0.05, 0) is 25.7 Å². The molecule has 5 heteroatoms. The van der Waals surface area contributed by atoms with E-state index in [9.17, 15) is 4.79 Å². The zero-order chi connectivity index (χ0) is 12.3. The molecule has 0 aliphatic carbocycles. The maximum atomic E-state index is 12.2. The average molecular weight is 253 g/mol. The van der Waals surface area contributed by atoms with Crippen molar-refractivity contribution in [1.82, 2.24) is 9.88 Å². The largest absolute Gasteiger partial charge is 0.338 e. The fraction of sp³-hybridized carbons (Fsp3) is 0.667. The summed E-state index contributed by atoms with van der Waals surface area (Å²) >= 11 is 1.53. The summed E-state index contributed by atoms with van der Waals surface area (Å²) in [4.78, 5) is 19.1. The third kappa shape index (κ3) is 3.04. The van der Waals surface area contributed by atoms with E-state index in [1.54, 1.807) is 6.20 Å². The molecule has 0 radical (unpaired) electrons. The highest BCUT2D eigenvalue weighted by molar-refractivity contribution is 7.13. The first-order valence-corrected chi connectivity index (χ1v) is 7.02. The topological polar surface area (TPSA) is 59.2 Å². The molecule has 4 nitrogen and oxygen atoms in total. The Labute approximate surface area is 106 Å². The minimum absolute atomic E-state index is 0.122. The SMILES string of the molecule is CCCc1ncc(C(=O)N2CCC(N)CC2)s1. The minimum atomic E-state index is 0.122. The van der Waals surface area contributed by atoms with Crippen LogP contribution in [0.4, 0.5) is 0 Å². The van der Waals surface area contributed by atoms with Crippen molar-refractivity contribution < 1.29 is 4.79 Å². The molecule has 2 heterocycles. The molecule has 0 saturated carbocycles. The smallest absolute Gasteiger partial charge is 0.265 e.